The average Bonchev–Trinajstić information content (AvgIpc) is 2.62. The molecular formula is C8H15N5OS. The normalized spacial score (nSPS) is 12.5. The van der Waals surface area contributed by atoms with Gasteiger partial charge in [-0.2, -0.15) is 0 Å². The predicted molar refractivity (Wildman–Crippen MR) is 58.0 cm³/mol. The van der Waals surface area contributed by atoms with Gasteiger partial charge in [0.15, 0.2) is 0 Å². The van der Waals surface area contributed by atoms with Crippen molar-refractivity contribution in [3.63, 3.8) is 0 Å². The molecule has 0 spiro atoms. The lowest BCUT2D eigenvalue weighted by Crippen LogP contribution is -2.37. The van der Waals surface area contributed by atoms with Gasteiger partial charge in [-0.1, -0.05) is 25.1 Å². The second kappa shape index (κ2) is 5.72. The van der Waals surface area contributed by atoms with E-state index in [2.05, 4.69) is 20.6 Å². The van der Waals surface area contributed by atoms with Gasteiger partial charge >= 0.3 is 0 Å². The number of rotatable bonds is 5. The van der Waals surface area contributed by atoms with E-state index in [1.165, 1.54) is 11.8 Å². The number of hydrogen-bond acceptors (Lipinski definition) is 5. The molecule has 0 aliphatic heterocycles. The summed E-state index contributed by atoms with van der Waals surface area (Å²) in [6, 6.07) is 0. The van der Waals surface area contributed by atoms with Gasteiger partial charge in [0.05, 0.1) is 5.25 Å². The van der Waals surface area contributed by atoms with Gasteiger partial charge in [0.25, 0.3) is 0 Å². The largest absolute Gasteiger partial charge is 0.293 e. The highest BCUT2D eigenvalue weighted by Gasteiger charge is 2.19. The van der Waals surface area contributed by atoms with Crippen LogP contribution in [0.1, 0.15) is 25.6 Å². The maximum absolute atomic E-state index is 11.4. The van der Waals surface area contributed by atoms with Crippen molar-refractivity contribution in [2.75, 3.05) is 0 Å². The first-order chi connectivity index (χ1) is 7.17. The Labute approximate surface area is 92.4 Å². The molecule has 0 aliphatic carbocycles. The van der Waals surface area contributed by atoms with Gasteiger partial charge in [0, 0.05) is 0 Å². The molecule has 6 nitrogen and oxygen atoms in total. The van der Waals surface area contributed by atoms with Crippen molar-refractivity contribution >= 4 is 17.7 Å². The minimum Gasteiger partial charge on any atom is -0.293 e. The quantitative estimate of drug-likeness (QED) is 0.293. The highest BCUT2D eigenvalue weighted by molar-refractivity contribution is 8.00. The zero-order chi connectivity index (χ0) is 11.3. The number of thioether (sulfide) groups is 1. The van der Waals surface area contributed by atoms with Crippen LogP contribution in [0.5, 0.6) is 0 Å². The molecule has 1 rings (SSSR count). The second-order valence-corrected chi connectivity index (χ2v) is 4.28. The minimum absolute atomic E-state index is 0.190. The first-order valence-electron chi connectivity index (χ1n) is 4.73. The summed E-state index contributed by atoms with van der Waals surface area (Å²) in [5.41, 5.74) is 2.15. The predicted octanol–water partition coefficient (Wildman–Crippen LogP) is 0.364. The monoisotopic (exact) mass is 229 g/mol. The molecule has 0 fully saturated rings. The van der Waals surface area contributed by atoms with Crippen molar-refractivity contribution in [1.29, 1.82) is 0 Å². The third-order valence-electron chi connectivity index (χ3n) is 1.81. The number of hydrazine groups is 1. The van der Waals surface area contributed by atoms with Gasteiger partial charge in [0.2, 0.25) is 11.1 Å². The SMILES string of the molecule is CCCC(Sc1n[nH]c(C)n1)C(=O)NN. The third kappa shape index (κ3) is 3.52. The van der Waals surface area contributed by atoms with Crippen LogP contribution < -0.4 is 11.3 Å². The van der Waals surface area contributed by atoms with E-state index < -0.39 is 0 Å². The molecular weight excluding hydrogens is 214 g/mol. The van der Waals surface area contributed by atoms with Gasteiger partial charge in [-0.25, -0.2) is 10.8 Å². The first-order valence-corrected chi connectivity index (χ1v) is 5.61. The lowest BCUT2D eigenvalue weighted by atomic mass is 10.2. The number of aromatic amines is 1. The minimum atomic E-state index is -0.227. The molecule has 1 aromatic rings. The average molecular weight is 229 g/mol. The molecule has 7 heteroatoms. The van der Waals surface area contributed by atoms with Crippen LogP contribution in [0.25, 0.3) is 0 Å². The van der Waals surface area contributed by atoms with E-state index in [1.54, 1.807) is 0 Å². The maximum Gasteiger partial charge on any atom is 0.247 e. The van der Waals surface area contributed by atoms with Crippen molar-refractivity contribution in [3.8, 4) is 0 Å². The van der Waals surface area contributed by atoms with Crippen molar-refractivity contribution in [2.45, 2.75) is 37.1 Å². The lowest BCUT2D eigenvalue weighted by Gasteiger charge is -2.10. The molecule has 15 heavy (non-hydrogen) atoms. The summed E-state index contributed by atoms with van der Waals surface area (Å²) < 4.78 is 0. The Hall–Kier alpha value is -1.08. The van der Waals surface area contributed by atoms with Crippen molar-refractivity contribution < 1.29 is 4.79 Å². The molecule has 0 bridgehead atoms. The molecule has 0 saturated heterocycles. The Balaban J connectivity index is 2.62. The third-order valence-corrected chi connectivity index (χ3v) is 2.94. The highest BCUT2D eigenvalue weighted by atomic mass is 32.2. The second-order valence-electron chi connectivity index (χ2n) is 3.11. The zero-order valence-electron chi connectivity index (χ0n) is 8.78. The Morgan fingerprint density at radius 3 is 2.93 bits per heavy atom. The van der Waals surface area contributed by atoms with Crippen molar-refractivity contribution in [2.24, 2.45) is 5.84 Å². The molecule has 1 aromatic heterocycles. The Bertz CT molecular complexity index is 327. The van der Waals surface area contributed by atoms with Crippen LogP contribution in [-0.2, 0) is 4.79 Å². The van der Waals surface area contributed by atoms with Crippen LogP contribution >= 0.6 is 11.8 Å². The molecule has 1 heterocycles. The van der Waals surface area contributed by atoms with Crippen LogP contribution in [0, 0.1) is 6.92 Å². The number of nitrogens with one attached hydrogen (secondary N) is 2. The standard InChI is InChI=1S/C8H15N5OS/c1-3-4-6(7(14)11-9)15-8-10-5(2)12-13-8/h6H,3-4,9H2,1-2H3,(H,11,14)(H,10,12,13). The summed E-state index contributed by atoms with van der Waals surface area (Å²) in [5, 5.41) is 7.04. The van der Waals surface area contributed by atoms with E-state index in [-0.39, 0.29) is 11.2 Å². The summed E-state index contributed by atoms with van der Waals surface area (Å²) in [6.45, 7) is 3.83. The summed E-state index contributed by atoms with van der Waals surface area (Å²) in [4.78, 5) is 15.5. The van der Waals surface area contributed by atoms with Crippen molar-refractivity contribution in [3.05, 3.63) is 5.82 Å². The van der Waals surface area contributed by atoms with E-state index in [1.807, 2.05) is 13.8 Å². The smallest absolute Gasteiger partial charge is 0.247 e. The van der Waals surface area contributed by atoms with E-state index in [0.29, 0.717) is 5.16 Å². The zero-order valence-corrected chi connectivity index (χ0v) is 9.60. The van der Waals surface area contributed by atoms with Gasteiger partial charge in [0.1, 0.15) is 5.82 Å². The Kier molecular flexibility index (Phi) is 4.57. The van der Waals surface area contributed by atoms with E-state index in [0.717, 1.165) is 18.7 Å². The van der Waals surface area contributed by atoms with E-state index in [4.69, 9.17) is 5.84 Å². The van der Waals surface area contributed by atoms with Gasteiger partial charge < -0.3 is 0 Å². The van der Waals surface area contributed by atoms with Crippen LogP contribution in [0.3, 0.4) is 0 Å². The van der Waals surface area contributed by atoms with Gasteiger partial charge in [-0.05, 0) is 13.3 Å². The molecule has 0 saturated carbocycles. The number of hydrogen-bond donors (Lipinski definition) is 3. The molecule has 0 radical (unpaired) electrons. The number of carbonyl (C=O) groups is 1. The topological polar surface area (TPSA) is 96.7 Å². The molecule has 4 N–H and O–H groups in total. The van der Waals surface area contributed by atoms with Crippen LogP contribution in [-0.4, -0.2) is 26.3 Å². The Morgan fingerprint density at radius 1 is 1.73 bits per heavy atom. The molecule has 1 amide bonds. The fourth-order valence-corrected chi connectivity index (χ4v) is 2.17. The molecule has 0 aliphatic rings. The maximum atomic E-state index is 11.4. The van der Waals surface area contributed by atoms with Gasteiger partial charge in [-0.3, -0.25) is 15.3 Å². The fraction of sp³-hybridized carbons (Fsp3) is 0.625. The molecule has 0 aromatic carbocycles. The summed E-state index contributed by atoms with van der Waals surface area (Å²) in [7, 11) is 0. The molecule has 1 atom stereocenters. The van der Waals surface area contributed by atoms with E-state index in [9.17, 15) is 4.79 Å². The van der Waals surface area contributed by atoms with Crippen LogP contribution in [0.2, 0.25) is 0 Å². The highest BCUT2D eigenvalue weighted by Crippen LogP contribution is 2.22. The number of nitrogens with zero attached hydrogens (tertiary/aromatic N) is 2. The Morgan fingerprint density at radius 2 is 2.47 bits per heavy atom. The number of aryl methyl sites for hydroxylation is 1. The number of aromatic nitrogens is 3. The number of H-pyrrole nitrogens is 1. The van der Waals surface area contributed by atoms with Crippen LogP contribution in [0.4, 0.5) is 0 Å². The fourth-order valence-electron chi connectivity index (χ4n) is 1.10. The van der Waals surface area contributed by atoms with Gasteiger partial charge in [-0.15, -0.1) is 5.10 Å². The molecule has 1 unspecified atom stereocenters. The van der Waals surface area contributed by atoms with Crippen LogP contribution in [0.15, 0.2) is 5.16 Å². The summed E-state index contributed by atoms with van der Waals surface area (Å²) in [6.07, 6.45) is 1.66. The molecule has 84 valence electrons. The van der Waals surface area contributed by atoms with E-state index >= 15 is 0 Å². The first kappa shape index (κ1) is 12.0. The number of carbonyl (C=O) groups excluding carboxylic acids is 1. The van der Waals surface area contributed by atoms with Crippen molar-refractivity contribution in [1.82, 2.24) is 20.6 Å². The lowest BCUT2D eigenvalue weighted by molar-refractivity contribution is -0.120. The summed E-state index contributed by atoms with van der Waals surface area (Å²) in [5.74, 6) is 5.65. The number of amides is 1. The summed E-state index contributed by atoms with van der Waals surface area (Å²) >= 11 is 1.32. The number of nitrogens with two attached hydrogens (primary N) is 1.